The Morgan fingerprint density at radius 2 is 2.10 bits per heavy atom. The molecule has 8 heteroatoms. The van der Waals surface area contributed by atoms with Crippen LogP contribution in [0.2, 0.25) is 5.02 Å². The molecule has 0 aliphatic heterocycles. The minimum atomic E-state index is -0.116. The summed E-state index contributed by atoms with van der Waals surface area (Å²) in [5.74, 6) is 0.701. The number of carbonyl (C=O) groups is 1. The van der Waals surface area contributed by atoms with Crippen LogP contribution in [0.25, 0.3) is 15.9 Å². The Morgan fingerprint density at radius 1 is 1.31 bits per heavy atom. The van der Waals surface area contributed by atoms with E-state index in [1.807, 2.05) is 68.4 Å². The van der Waals surface area contributed by atoms with Crippen molar-refractivity contribution in [3.63, 3.8) is 0 Å². The van der Waals surface area contributed by atoms with Crippen LogP contribution in [0.3, 0.4) is 0 Å². The summed E-state index contributed by atoms with van der Waals surface area (Å²) < 4.78 is 7.31. The minimum absolute atomic E-state index is 0.0383. The van der Waals surface area contributed by atoms with Crippen LogP contribution < -0.4 is 5.32 Å². The first-order valence-electron chi connectivity index (χ1n) is 9.18. The Bertz CT molecular complexity index is 1150. The van der Waals surface area contributed by atoms with Gasteiger partial charge in [-0.05, 0) is 51.4 Å². The van der Waals surface area contributed by atoms with Gasteiger partial charge in [0.15, 0.2) is 0 Å². The summed E-state index contributed by atoms with van der Waals surface area (Å²) in [7, 11) is 3.92. The molecule has 29 heavy (non-hydrogen) atoms. The van der Waals surface area contributed by atoms with Gasteiger partial charge in [0.05, 0.1) is 33.6 Å². The Morgan fingerprint density at radius 3 is 2.79 bits per heavy atom. The van der Waals surface area contributed by atoms with Crippen molar-refractivity contribution in [3.8, 4) is 5.69 Å². The number of hydrogen-bond donors (Lipinski definition) is 1. The molecule has 0 bridgehead atoms. The number of nitrogens with one attached hydrogen (secondary N) is 1. The highest BCUT2D eigenvalue weighted by Crippen LogP contribution is 2.32. The molecule has 150 valence electrons. The van der Waals surface area contributed by atoms with E-state index in [0.29, 0.717) is 16.4 Å². The number of furan rings is 1. The second-order valence-corrected chi connectivity index (χ2v) is 8.42. The van der Waals surface area contributed by atoms with Gasteiger partial charge in [0.1, 0.15) is 10.6 Å². The number of carbonyl (C=O) groups excluding carboxylic acids is 1. The van der Waals surface area contributed by atoms with Gasteiger partial charge in [-0.1, -0.05) is 23.7 Å². The molecule has 0 aliphatic carbocycles. The molecule has 4 rings (SSSR count). The Hall–Kier alpha value is -2.61. The van der Waals surface area contributed by atoms with Crippen LogP contribution in [0.4, 0.5) is 0 Å². The largest absolute Gasteiger partial charge is 0.468 e. The molecule has 4 aromatic rings. The van der Waals surface area contributed by atoms with Crippen molar-refractivity contribution in [3.05, 3.63) is 70.1 Å². The summed E-state index contributed by atoms with van der Waals surface area (Å²) in [4.78, 5) is 16.4. The lowest BCUT2D eigenvalue weighted by Crippen LogP contribution is -2.34. The topological polar surface area (TPSA) is 63.3 Å². The summed E-state index contributed by atoms with van der Waals surface area (Å²) in [6.07, 6.45) is 1.64. The molecule has 6 nitrogen and oxygen atoms in total. The van der Waals surface area contributed by atoms with Gasteiger partial charge in [0.2, 0.25) is 0 Å². The molecule has 1 N–H and O–H groups in total. The zero-order valence-corrected chi connectivity index (χ0v) is 17.9. The predicted molar refractivity (Wildman–Crippen MR) is 116 cm³/mol. The maximum Gasteiger partial charge on any atom is 0.261 e. The number of fused-ring (bicyclic) bond motifs is 1. The lowest BCUT2D eigenvalue weighted by atomic mass is 10.2. The quantitative estimate of drug-likeness (QED) is 0.484. The number of nitrogens with zero attached hydrogens (tertiary/aromatic N) is 3. The molecule has 0 saturated heterocycles. The number of aryl methyl sites for hydroxylation is 1. The van der Waals surface area contributed by atoms with E-state index in [9.17, 15) is 4.79 Å². The molecule has 1 aromatic carbocycles. The highest BCUT2D eigenvalue weighted by molar-refractivity contribution is 7.20. The molecular weight excluding hydrogens is 408 g/mol. The molecule has 0 aliphatic rings. The number of amides is 1. The van der Waals surface area contributed by atoms with Crippen LogP contribution in [-0.4, -0.2) is 41.2 Å². The summed E-state index contributed by atoms with van der Waals surface area (Å²) in [6.45, 7) is 2.38. The summed E-state index contributed by atoms with van der Waals surface area (Å²) >= 11 is 7.76. The third-order valence-corrected chi connectivity index (χ3v) is 6.23. The normalized spacial score (nSPS) is 12.6. The molecule has 1 atom stereocenters. The lowest BCUT2D eigenvalue weighted by Gasteiger charge is -2.22. The molecule has 0 spiro atoms. The van der Waals surface area contributed by atoms with Crippen molar-refractivity contribution >= 4 is 39.1 Å². The van der Waals surface area contributed by atoms with Gasteiger partial charge in [0.25, 0.3) is 5.91 Å². The van der Waals surface area contributed by atoms with Gasteiger partial charge in [-0.3, -0.25) is 9.69 Å². The maximum absolute atomic E-state index is 12.8. The first-order valence-corrected chi connectivity index (χ1v) is 10.4. The fraction of sp³-hybridized carbons (Fsp3) is 0.238. The van der Waals surface area contributed by atoms with E-state index < -0.39 is 0 Å². The number of halogens is 1. The zero-order chi connectivity index (χ0) is 20.5. The van der Waals surface area contributed by atoms with Crippen LogP contribution in [0, 0.1) is 6.92 Å². The van der Waals surface area contributed by atoms with E-state index in [2.05, 4.69) is 10.4 Å². The number of para-hydroxylation sites is 1. The van der Waals surface area contributed by atoms with Crippen LogP contribution in [0.1, 0.15) is 27.2 Å². The van der Waals surface area contributed by atoms with Crippen LogP contribution in [0.15, 0.2) is 53.1 Å². The van der Waals surface area contributed by atoms with E-state index in [0.717, 1.165) is 27.4 Å². The molecule has 0 unspecified atom stereocenters. The highest BCUT2D eigenvalue weighted by Gasteiger charge is 2.21. The Labute approximate surface area is 177 Å². The first-order chi connectivity index (χ1) is 14.0. The molecular formula is C21H21ClN4O2S. The number of likely N-dealkylation sites (N-methyl/N-ethyl adjacent to an activating group) is 1. The van der Waals surface area contributed by atoms with Crippen molar-refractivity contribution in [2.45, 2.75) is 13.0 Å². The molecule has 0 saturated carbocycles. The second-order valence-electron chi connectivity index (χ2n) is 6.98. The van der Waals surface area contributed by atoms with Gasteiger partial charge in [-0.2, -0.15) is 5.10 Å². The van der Waals surface area contributed by atoms with Crippen molar-refractivity contribution in [2.75, 3.05) is 20.6 Å². The van der Waals surface area contributed by atoms with E-state index in [4.69, 9.17) is 16.0 Å². The monoisotopic (exact) mass is 428 g/mol. The zero-order valence-electron chi connectivity index (χ0n) is 16.3. The predicted octanol–water partition coefficient (Wildman–Crippen LogP) is 4.67. The Balaban J connectivity index is 1.59. The number of hydrogen-bond acceptors (Lipinski definition) is 5. The smallest absolute Gasteiger partial charge is 0.261 e. The summed E-state index contributed by atoms with van der Waals surface area (Å²) in [6, 6.07) is 13.2. The van der Waals surface area contributed by atoms with Crippen molar-refractivity contribution < 1.29 is 9.21 Å². The van der Waals surface area contributed by atoms with E-state index in [-0.39, 0.29) is 11.9 Å². The SMILES string of the molecule is Cc1nn(-c2ccccc2Cl)c2sc(C(=O)NC[C@@H](c3ccco3)N(C)C)cc12. The van der Waals surface area contributed by atoms with Gasteiger partial charge in [0, 0.05) is 11.9 Å². The fourth-order valence-corrected chi connectivity index (χ4v) is 4.55. The third kappa shape index (κ3) is 3.81. The fourth-order valence-electron chi connectivity index (χ4n) is 3.24. The standard InChI is InChI=1S/C21H21ClN4O2S/c1-13-14-11-19(20(27)23-12-17(25(2)3)18-9-6-10-28-18)29-21(14)26(24-13)16-8-5-4-7-15(16)22/h4-11,17H,12H2,1-3H3,(H,23,27)/t17-/m0/s1. The number of aromatic nitrogens is 2. The van der Waals surface area contributed by atoms with Crippen molar-refractivity contribution in [2.24, 2.45) is 0 Å². The average molecular weight is 429 g/mol. The Kier molecular flexibility index (Phi) is 5.45. The van der Waals surface area contributed by atoms with Crippen LogP contribution >= 0.6 is 22.9 Å². The number of benzene rings is 1. The third-order valence-electron chi connectivity index (χ3n) is 4.80. The van der Waals surface area contributed by atoms with Crippen molar-refractivity contribution in [1.82, 2.24) is 20.0 Å². The van der Waals surface area contributed by atoms with Gasteiger partial charge in [-0.15, -0.1) is 11.3 Å². The van der Waals surface area contributed by atoms with Crippen molar-refractivity contribution in [1.29, 1.82) is 0 Å². The number of thiophene rings is 1. The molecule has 3 aromatic heterocycles. The van der Waals surface area contributed by atoms with E-state index in [1.54, 1.807) is 10.9 Å². The maximum atomic E-state index is 12.8. The summed E-state index contributed by atoms with van der Waals surface area (Å²) in [5.41, 5.74) is 1.66. The van der Waals surface area contributed by atoms with Gasteiger partial charge >= 0.3 is 0 Å². The second kappa shape index (κ2) is 8.02. The highest BCUT2D eigenvalue weighted by atomic mass is 35.5. The average Bonchev–Trinajstić information content (AvgIpc) is 3.41. The molecule has 0 fully saturated rings. The number of rotatable bonds is 6. The summed E-state index contributed by atoms with van der Waals surface area (Å²) in [5, 5.41) is 9.20. The minimum Gasteiger partial charge on any atom is -0.468 e. The van der Waals surface area contributed by atoms with Gasteiger partial charge in [-0.25, -0.2) is 4.68 Å². The van der Waals surface area contributed by atoms with Crippen LogP contribution in [-0.2, 0) is 0 Å². The van der Waals surface area contributed by atoms with Crippen LogP contribution in [0.5, 0.6) is 0 Å². The molecule has 1 amide bonds. The first kappa shape index (κ1) is 19.7. The molecule has 3 heterocycles. The lowest BCUT2D eigenvalue weighted by molar-refractivity contribution is 0.0943. The van der Waals surface area contributed by atoms with Gasteiger partial charge < -0.3 is 9.73 Å². The van der Waals surface area contributed by atoms with E-state index >= 15 is 0 Å². The van der Waals surface area contributed by atoms with E-state index in [1.165, 1.54) is 11.3 Å². The molecule has 0 radical (unpaired) electrons.